The monoisotopic (exact) mass is 374 g/mol. The average molecular weight is 374 g/mol. The lowest BCUT2D eigenvalue weighted by molar-refractivity contribution is -0.150. The van der Waals surface area contributed by atoms with Crippen molar-refractivity contribution in [1.29, 1.82) is 0 Å². The number of carbonyl (C=O) groups excluding carboxylic acids is 2. The van der Waals surface area contributed by atoms with Crippen LogP contribution in [0.2, 0.25) is 0 Å². The molecule has 1 aromatic carbocycles. The highest BCUT2D eigenvalue weighted by atomic mass is 32.2. The maximum absolute atomic E-state index is 11.7. The fraction of sp³-hybridized carbons (Fsp3) is 0.500. The van der Waals surface area contributed by atoms with E-state index in [9.17, 15) is 18.0 Å². The van der Waals surface area contributed by atoms with Crippen LogP contribution in [0.25, 0.3) is 0 Å². The number of hydrogen-bond donors (Lipinski definition) is 1. The standard InChI is InChI=1S/C16H22O8S/c1-2-3-9-24-16(18)14(25(19,20)21)12-15(17)23-11-10-22-13-7-5-4-6-8-13/h4-8,14H,2-3,9-12H2,1H3,(H,19,20,21). The second-order valence-corrected chi connectivity index (χ2v) is 6.71. The lowest BCUT2D eigenvalue weighted by Gasteiger charge is -2.13. The number of carbonyl (C=O) groups is 2. The first-order valence-corrected chi connectivity index (χ1v) is 9.31. The first kappa shape index (κ1) is 20.9. The Kier molecular flexibility index (Phi) is 8.93. The summed E-state index contributed by atoms with van der Waals surface area (Å²) in [5.41, 5.74) is 0. The molecule has 1 atom stereocenters. The summed E-state index contributed by atoms with van der Waals surface area (Å²) in [5, 5.41) is -1.99. The van der Waals surface area contributed by atoms with Crippen molar-refractivity contribution in [3.05, 3.63) is 30.3 Å². The molecule has 9 heteroatoms. The molecule has 0 aromatic heterocycles. The van der Waals surface area contributed by atoms with Crippen LogP contribution in [0.3, 0.4) is 0 Å². The fourth-order valence-corrected chi connectivity index (χ4v) is 2.42. The molecule has 1 N–H and O–H groups in total. The molecule has 25 heavy (non-hydrogen) atoms. The van der Waals surface area contributed by atoms with Crippen molar-refractivity contribution in [2.75, 3.05) is 19.8 Å². The summed E-state index contributed by atoms with van der Waals surface area (Å²) in [6.07, 6.45) is 0.466. The molecule has 140 valence electrons. The SMILES string of the molecule is CCCCOC(=O)C(CC(=O)OCCOc1ccccc1)S(=O)(=O)O. The van der Waals surface area contributed by atoms with Gasteiger partial charge in [0.1, 0.15) is 19.0 Å². The normalized spacial score (nSPS) is 12.2. The maximum Gasteiger partial charge on any atom is 0.327 e. The van der Waals surface area contributed by atoms with Crippen LogP contribution in [0.1, 0.15) is 26.2 Å². The summed E-state index contributed by atoms with van der Waals surface area (Å²) >= 11 is 0. The largest absolute Gasteiger partial charge is 0.490 e. The Morgan fingerprint density at radius 2 is 1.76 bits per heavy atom. The average Bonchev–Trinajstić information content (AvgIpc) is 2.56. The van der Waals surface area contributed by atoms with Gasteiger partial charge in [0.2, 0.25) is 0 Å². The van der Waals surface area contributed by atoms with Crippen molar-refractivity contribution >= 4 is 22.1 Å². The zero-order valence-corrected chi connectivity index (χ0v) is 14.7. The molecule has 0 heterocycles. The Morgan fingerprint density at radius 3 is 2.36 bits per heavy atom. The van der Waals surface area contributed by atoms with Gasteiger partial charge in [-0.2, -0.15) is 8.42 Å². The zero-order valence-electron chi connectivity index (χ0n) is 13.9. The van der Waals surface area contributed by atoms with Crippen molar-refractivity contribution < 1.29 is 36.8 Å². The van der Waals surface area contributed by atoms with Crippen molar-refractivity contribution in [1.82, 2.24) is 0 Å². The van der Waals surface area contributed by atoms with E-state index in [4.69, 9.17) is 18.8 Å². The predicted molar refractivity (Wildman–Crippen MR) is 88.7 cm³/mol. The molecular weight excluding hydrogens is 352 g/mol. The Balaban J connectivity index is 2.42. The van der Waals surface area contributed by atoms with Crippen LogP contribution in [0.5, 0.6) is 5.75 Å². The van der Waals surface area contributed by atoms with Gasteiger partial charge >= 0.3 is 11.9 Å². The molecule has 0 fully saturated rings. The summed E-state index contributed by atoms with van der Waals surface area (Å²) in [6, 6.07) is 8.83. The minimum atomic E-state index is -4.78. The maximum atomic E-state index is 11.7. The van der Waals surface area contributed by atoms with E-state index < -0.39 is 33.7 Å². The Morgan fingerprint density at radius 1 is 1.08 bits per heavy atom. The Labute approximate surface area is 146 Å². The summed E-state index contributed by atoms with van der Waals surface area (Å²) in [7, 11) is -4.78. The van der Waals surface area contributed by atoms with Gasteiger partial charge in [-0.15, -0.1) is 0 Å². The van der Waals surface area contributed by atoms with Crippen molar-refractivity contribution in [2.24, 2.45) is 0 Å². The minimum absolute atomic E-state index is 0.0152. The van der Waals surface area contributed by atoms with E-state index in [1.807, 2.05) is 13.0 Å². The molecule has 0 bridgehead atoms. The molecule has 8 nitrogen and oxygen atoms in total. The molecule has 1 rings (SSSR count). The van der Waals surface area contributed by atoms with E-state index in [-0.39, 0.29) is 19.8 Å². The molecule has 0 spiro atoms. The summed E-state index contributed by atoms with van der Waals surface area (Å²) in [5.74, 6) is -1.53. The van der Waals surface area contributed by atoms with Crippen molar-refractivity contribution in [3.63, 3.8) is 0 Å². The van der Waals surface area contributed by atoms with E-state index >= 15 is 0 Å². The lowest BCUT2D eigenvalue weighted by atomic mass is 10.3. The highest BCUT2D eigenvalue weighted by molar-refractivity contribution is 7.87. The molecule has 0 aliphatic carbocycles. The van der Waals surface area contributed by atoms with Crippen LogP contribution in [0, 0.1) is 0 Å². The van der Waals surface area contributed by atoms with Crippen LogP contribution >= 0.6 is 0 Å². The first-order chi connectivity index (χ1) is 11.8. The smallest absolute Gasteiger partial charge is 0.327 e. The second-order valence-electron chi connectivity index (χ2n) is 5.11. The molecule has 0 saturated carbocycles. The van der Waals surface area contributed by atoms with Crippen LogP contribution in [-0.2, 0) is 29.2 Å². The lowest BCUT2D eigenvalue weighted by Crippen LogP contribution is -2.34. The van der Waals surface area contributed by atoms with E-state index in [0.717, 1.165) is 6.42 Å². The van der Waals surface area contributed by atoms with Gasteiger partial charge in [0.15, 0.2) is 5.25 Å². The number of rotatable bonds is 11. The fourth-order valence-electron chi connectivity index (χ4n) is 1.76. The molecule has 0 aliphatic rings. The van der Waals surface area contributed by atoms with Crippen LogP contribution in [0.4, 0.5) is 0 Å². The molecule has 0 radical (unpaired) electrons. The van der Waals surface area contributed by atoms with Gasteiger partial charge < -0.3 is 14.2 Å². The van der Waals surface area contributed by atoms with Crippen LogP contribution < -0.4 is 4.74 Å². The third kappa shape index (κ3) is 8.50. The number of para-hydroxylation sites is 1. The molecular formula is C16H22O8S. The number of hydrogen-bond acceptors (Lipinski definition) is 7. The van der Waals surface area contributed by atoms with Crippen molar-refractivity contribution in [3.8, 4) is 5.75 Å². The third-order valence-electron chi connectivity index (χ3n) is 3.08. The van der Waals surface area contributed by atoms with Crippen LogP contribution in [0.15, 0.2) is 30.3 Å². The highest BCUT2D eigenvalue weighted by Gasteiger charge is 2.35. The molecule has 0 aliphatic heterocycles. The van der Waals surface area contributed by atoms with Gasteiger partial charge in [-0.05, 0) is 18.6 Å². The quantitative estimate of drug-likeness (QED) is 0.353. The summed E-state index contributed by atoms with van der Waals surface area (Å²) in [4.78, 5) is 23.4. The second kappa shape index (κ2) is 10.7. The molecule has 0 saturated heterocycles. The van der Waals surface area contributed by atoms with Gasteiger partial charge in [0, 0.05) is 0 Å². The zero-order chi connectivity index (χ0) is 18.7. The molecule has 1 unspecified atom stereocenters. The van der Waals surface area contributed by atoms with Gasteiger partial charge in [-0.1, -0.05) is 31.5 Å². The predicted octanol–water partition coefficient (Wildman–Crippen LogP) is 1.60. The summed E-state index contributed by atoms with van der Waals surface area (Å²) < 4.78 is 46.5. The van der Waals surface area contributed by atoms with Crippen LogP contribution in [-0.4, -0.2) is 50.0 Å². The van der Waals surface area contributed by atoms with Gasteiger partial charge in [-0.3, -0.25) is 14.1 Å². The van der Waals surface area contributed by atoms with Gasteiger partial charge in [0.05, 0.1) is 13.0 Å². The highest BCUT2D eigenvalue weighted by Crippen LogP contribution is 2.10. The van der Waals surface area contributed by atoms with E-state index in [2.05, 4.69) is 0 Å². The molecule has 1 aromatic rings. The number of benzene rings is 1. The minimum Gasteiger partial charge on any atom is -0.490 e. The van der Waals surface area contributed by atoms with Gasteiger partial charge in [-0.25, -0.2) is 0 Å². The number of esters is 2. The number of unbranched alkanes of at least 4 members (excludes halogenated alkanes) is 1. The Bertz CT molecular complexity index is 641. The van der Waals surface area contributed by atoms with E-state index in [1.54, 1.807) is 24.3 Å². The van der Waals surface area contributed by atoms with E-state index in [0.29, 0.717) is 12.2 Å². The molecule has 0 amide bonds. The summed E-state index contributed by atoms with van der Waals surface area (Å²) in [6.45, 7) is 1.81. The third-order valence-corrected chi connectivity index (χ3v) is 4.15. The number of ether oxygens (including phenoxy) is 3. The topological polar surface area (TPSA) is 116 Å². The van der Waals surface area contributed by atoms with E-state index in [1.165, 1.54) is 0 Å². The Hall–Kier alpha value is -2.13. The van der Waals surface area contributed by atoms with Crippen molar-refractivity contribution in [2.45, 2.75) is 31.4 Å². The first-order valence-electron chi connectivity index (χ1n) is 7.81. The van der Waals surface area contributed by atoms with Gasteiger partial charge in [0.25, 0.3) is 10.1 Å².